The molecule has 7 nitrogen and oxygen atoms in total. The lowest BCUT2D eigenvalue weighted by atomic mass is 10.2. The Kier molecular flexibility index (Phi) is 4.97. The van der Waals surface area contributed by atoms with E-state index in [2.05, 4.69) is 15.0 Å². The molecule has 9 heteroatoms. The van der Waals surface area contributed by atoms with Crippen molar-refractivity contribution in [2.45, 2.75) is 0 Å². The molecule has 0 aliphatic carbocycles. The van der Waals surface area contributed by atoms with Gasteiger partial charge in [-0.15, -0.1) is 0 Å². The van der Waals surface area contributed by atoms with Crippen molar-refractivity contribution in [3.8, 4) is 0 Å². The summed E-state index contributed by atoms with van der Waals surface area (Å²) in [5.74, 6) is -0.435. The molecule has 0 aliphatic rings. The van der Waals surface area contributed by atoms with Crippen LogP contribution in [0.25, 0.3) is 11.7 Å². The molecule has 0 unspecified atom stereocenters. The first-order valence-corrected chi connectivity index (χ1v) is 9.79. The third kappa shape index (κ3) is 4.22. The van der Waals surface area contributed by atoms with Crippen LogP contribution in [0, 0.1) is 0 Å². The predicted octanol–water partition coefficient (Wildman–Crippen LogP) is 3.01. The van der Waals surface area contributed by atoms with Gasteiger partial charge in [0, 0.05) is 12.3 Å². The molecule has 0 spiro atoms. The lowest BCUT2D eigenvalue weighted by molar-refractivity contribution is -0.111. The first kappa shape index (κ1) is 18.0. The average molecular weight is 391 g/mol. The third-order valence-corrected chi connectivity index (χ3v) is 4.26. The Morgan fingerprint density at radius 2 is 1.85 bits per heavy atom. The van der Waals surface area contributed by atoms with Gasteiger partial charge in [-0.05, 0) is 30.3 Å². The van der Waals surface area contributed by atoms with E-state index in [1.165, 1.54) is 6.08 Å². The van der Waals surface area contributed by atoms with Gasteiger partial charge in [-0.2, -0.15) is 0 Å². The molecule has 134 valence electrons. The summed E-state index contributed by atoms with van der Waals surface area (Å²) in [6, 6.07) is 12.0. The van der Waals surface area contributed by atoms with E-state index in [1.807, 2.05) is 12.1 Å². The number of sulfonamides is 1. The minimum atomic E-state index is -3.46. The number of para-hydroxylation sites is 2. The van der Waals surface area contributed by atoms with Crippen molar-refractivity contribution in [2.24, 2.45) is 0 Å². The summed E-state index contributed by atoms with van der Waals surface area (Å²) in [4.78, 5) is 16.4. The average Bonchev–Trinajstić information content (AvgIpc) is 2.89. The van der Waals surface area contributed by atoms with Gasteiger partial charge in [0.25, 0.3) is 0 Å². The van der Waals surface area contributed by atoms with Gasteiger partial charge in [-0.1, -0.05) is 29.8 Å². The first-order chi connectivity index (χ1) is 12.3. The molecule has 0 aliphatic heterocycles. The fraction of sp³-hybridized carbons (Fsp3) is 0.0588. The van der Waals surface area contributed by atoms with Crippen LogP contribution in [0.1, 0.15) is 5.69 Å². The van der Waals surface area contributed by atoms with Crippen molar-refractivity contribution in [1.29, 1.82) is 0 Å². The molecule has 1 aromatic carbocycles. The maximum Gasteiger partial charge on any atom is 0.248 e. The van der Waals surface area contributed by atoms with Crippen LogP contribution in [-0.4, -0.2) is 30.0 Å². The molecule has 0 saturated carbocycles. The van der Waals surface area contributed by atoms with E-state index < -0.39 is 15.9 Å². The monoisotopic (exact) mass is 390 g/mol. The van der Waals surface area contributed by atoms with Gasteiger partial charge in [0.15, 0.2) is 5.15 Å². The molecule has 1 amide bonds. The van der Waals surface area contributed by atoms with Gasteiger partial charge < -0.3 is 5.32 Å². The van der Waals surface area contributed by atoms with E-state index in [4.69, 9.17) is 11.6 Å². The molecule has 0 fully saturated rings. The quantitative estimate of drug-likeness (QED) is 0.655. The van der Waals surface area contributed by atoms with Gasteiger partial charge >= 0.3 is 0 Å². The van der Waals surface area contributed by atoms with E-state index in [1.54, 1.807) is 47.0 Å². The standard InChI is InChI=1S/C17H15ClN4O3S/c1-26(24,25)21-13-7-3-2-6-12(13)19-16(23)10-9-14-17(18)20-15-8-4-5-11-22(14)15/h2-11,21H,1H3,(H,19,23)/b10-9+. The zero-order valence-electron chi connectivity index (χ0n) is 13.7. The van der Waals surface area contributed by atoms with Crippen molar-refractivity contribution in [1.82, 2.24) is 9.38 Å². The molecule has 3 rings (SSSR count). The molecule has 2 heterocycles. The van der Waals surface area contributed by atoms with E-state index in [-0.39, 0.29) is 10.8 Å². The molecule has 0 radical (unpaired) electrons. The minimum Gasteiger partial charge on any atom is -0.321 e. The smallest absolute Gasteiger partial charge is 0.248 e. The van der Waals surface area contributed by atoms with E-state index in [0.717, 1.165) is 6.26 Å². The van der Waals surface area contributed by atoms with Crippen molar-refractivity contribution in [2.75, 3.05) is 16.3 Å². The molecular weight excluding hydrogens is 376 g/mol. The summed E-state index contributed by atoms with van der Waals surface area (Å²) in [6.07, 6.45) is 5.68. The van der Waals surface area contributed by atoms with Crippen molar-refractivity contribution >= 4 is 50.6 Å². The van der Waals surface area contributed by atoms with Crippen LogP contribution >= 0.6 is 11.6 Å². The highest BCUT2D eigenvalue weighted by molar-refractivity contribution is 7.92. The number of imidazole rings is 1. The summed E-state index contributed by atoms with van der Waals surface area (Å²) in [5, 5.41) is 2.91. The van der Waals surface area contributed by atoms with E-state index in [9.17, 15) is 13.2 Å². The number of pyridine rings is 1. The zero-order chi connectivity index (χ0) is 18.7. The Morgan fingerprint density at radius 3 is 2.58 bits per heavy atom. The number of benzene rings is 1. The maximum absolute atomic E-state index is 12.2. The summed E-state index contributed by atoms with van der Waals surface area (Å²) in [7, 11) is -3.46. The molecule has 0 atom stereocenters. The summed E-state index contributed by atoms with van der Waals surface area (Å²) in [5.41, 5.74) is 1.86. The lowest BCUT2D eigenvalue weighted by Crippen LogP contribution is -2.14. The molecule has 2 N–H and O–H groups in total. The Hall–Kier alpha value is -2.84. The maximum atomic E-state index is 12.2. The van der Waals surface area contributed by atoms with Gasteiger partial charge in [0.05, 0.1) is 23.3 Å². The van der Waals surface area contributed by atoms with E-state index in [0.29, 0.717) is 17.0 Å². The first-order valence-electron chi connectivity index (χ1n) is 7.52. The van der Waals surface area contributed by atoms with Crippen LogP contribution in [0.5, 0.6) is 0 Å². The van der Waals surface area contributed by atoms with Crippen LogP contribution in [0.2, 0.25) is 5.15 Å². The minimum absolute atomic E-state index is 0.277. The Morgan fingerprint density at radius 1 is 1.15 bits per heavy atom. The number of amides is 1. The highest BCUT2D eigenvalue weighted by Crippen LogP contribution is 2.22. The fourth-order valence-corrected chi connectivity index (χ4v) is 3.16. The zero-order valence-corrected chi connectivity index (χ0v) is 15.3. The normalized spacial score (nSPS) is 11.8. The number of carbonyl (C=O) groups excluding carboxylic acids is 1. The molecular formula is C17H15ClN4O3S. The molecule has 3 aromatic rings. The second-order valence-electron chi connectivity index (χ2n) is 5.46. The Bertz CT molecular complexity index is 1110. The van der Waals surface area contributed by atoms with Crippen LogP contribution in [0.15, 0.2) is 54.7 Å². The lowest BCUT2D eigenvalue weighted by Gasteiger charge is -2.10. The number of fused-ring (bicyclic) bond motifs is 1. The number of halogens is 1. The third-order valence-electron chi connectivity index (χ3n) is 3.39. The van der Waals surface area contributed by atoms with Crippen LogP contribution < -0.4 is 10.0 Å². The number of rotatable bonds is 5. The largest absolute Gasteiger partial charge is 0.321 e. The highest BCUT2D eigenvalue weighted by atomic mass is 35.5. The van der Waals surface area contributed by atoms with E-state index >= 15 is 0 Å². The SMILES string of the molecule is CS(=O)(=O)Nc1ccccc1NC(=O)/C=C/c1c(Cl)nc2ccccn12. The summed E-state index contributed by atoms with van der Waals surface area (Å²) < 4.78 is 27.0. The Balaban J connectivity index is 1.81. The van der Waals surface area contributed by atoms with Crippen LogP contribution in [-0.2, 0) is 14.8 Å². The van der Waals surface area contributed by atoms with Crippen LogP contribution in [0.3, 0.4) is 0 Å². The topological polar surface area (TPSA) is 92.6 Å². The van der Waals surface area contributed by atoms with Crippen LogP contribution in [0.4, 0.5) is 11.4 Å². The van der Waals surface area contributed by atoms with Gasteiger partial charge in [-0.25, -0.2) is 13.4 Å². The second-order valence-corrected chi connectivity index (χ2v) is 7.57. The molecule has 26 heavy (non-hydrogen) atoms. The summed E-state index contributed by atoms with van der Waals surface area (Å²) >= 11 is 6.12. The highest BCUT2D eigenvalue weighted by Gasteiger charge is 2.10. The van der Waals surface area contributed by atoms with Gasteiger partial charge in [0.2, 0.25) is 15.9 Å². The fourth-order valence-electron chi connectivity index (χ4n) is 2.35. The summed E-state index contributed by atoms with van der Waals surface area (Å²) in [6.45, 7) is 0. The number of carbonyl (C=O) groups is 1. The van der Waals surface area contributed by atoms with Crippen molar-refractivity contribution in [3.05, 3.63) is 65.6 Å². The number of nitrogens with one attached hydrogen (secondary N) is 2. The second kappa shape index (κ2) is 7.19. The molecule has 0 bridgehead atoms. The number of nitrogens with zero attached hydrogens (tertiary/aromatic N) is 2. The Labute approximate surface area is 155 Å². The van der Waals surface area contributed by atoms with Crippen molar-refractivity contribution < 1.29 is 13.2 Å². The predicted molar refractivity (Wildman–Crippen MR) is 103 cm³/mol. The molecule has 0 saturated heterocycles. The van der Waals surface area contributed by atoms with Crippen molar-refractivity contribution in [3.63, 3.8) is 0 Å². The number of hydrogen-bond acceptors (Lipinski definition) is 4. The number of hydrogen-bond donors (Lipinski definition) is 2. The number of aromatic nitrogens is 2. The molecule has 2 aromatic heterocycles. The number of anilines is 2. The van der Waals surface area contributed by atoms with Gasteiger partial charge in [0.1, 0.15) is 5.65 Å². The van der Waals surface area contributed by atoms with Gasteiger partial charge in [-0.3, -0.25) is 13.9 Å².